The normalized spacial score (nSPS) is 21.5. The van der Waals surface area contributed by atoms with Crippen LogP contribution < -0.4 is 11.1 Å². The molecule has 2 nitrogen and oxygen atoms in total. The lowest BCUT2D eigenvalue weighted by Gasteiger charge is -2.12. The van der Waals surface area contributed by atoms with Gasteiger partial charge in [0.1, 0.15) is 0 Å². The molecular formula is C11H15BrN2. The second-order valence-corrected chi connectivity index (χ2v) is 4.94. The molecule has 0 spiro atoms. The van der Waals surface area contributed by atoms with E-state index in [1.54, 1.807) is 0 Å². The van der Waals surface area contributed by atoms with E-state index in [-0.39, 0.29) is 6.04 Å². The minimum absolute atomic E-state index is 0.270. The number of anilines is 1. The molecule has 0 fully saturated rings. The summed E-state index contributed by atoms with van der Waals surface area (Å²) in [4.78, 5) is 0. The lowest BCUT2D eigenvalue weighted by atomic mass is 9.95. The lowest BCUT2D eigenvalue weighted by molar-refractivity contribution is 0.584. The molecule has 0 saturated carbocycles. The fourth-order valence-electron chi connectivity index (χ4n) is 2.03. The van der Waals surface area contributed by atoms with Gasteiger partial charge in [-0.1, -0.05) is 15.9 Å². The van der Waals surface area contributed by atoms with Crippen molar-refractivity contribution >= 4 is 21.6 Å². The maximum Gasteiger partial charge on any atom is 0.0377 e. The van der Waals surface area contributed by atoms with Crippen LogP contribution in [0.5, 0.6) is 0 Å². The Morgan fingerprint density at radius 3 is 3.14 bits per heavy atom. The topological polar surface area (TPSA) is 38.0 Å². The van der Waals surface area contributed by atoms with E-state index in [9.17, 15) is 0 Å². The van der Waals surface area contributed by atoms with E-state index in [4.69, 9.17) is 5.73 Å². The molecule has 1 heterocycles. The second-order valence-electron chi connectivity index (χ2n) is 4.02. The molecule has 0 saturated heterocycles. The second kappa shape index (κ2) is 3.91. The van der Waals surface area contributed by atoms with Gasteiger partial charge in [0, 0.05) is 28.7 Å². The molecule has 0 aromatic heterocycles. The van der Waals surface area contributed by atoms with Gasteiger partial charge in [0.05, 0.1) is 0 Å². The Hall–Kier alpha value is -0.540. The zero-order valence-electron chi connectivity index (χ0n) is 8.26. The fourth-order valence-corrected chi connectivity index (χ4v) is 2.41. The summed E-state index contributed by atoms with van der Waals surface area (Å²) in [6.07, 6.45) is 1.05. The molecule has 2 rings (SSSR count). The third-order valence-corrected chi connectivity index (χ3v) is 3.14. The first-order chi connectivity index (χ1) is 6.66. The van der Waals surface area contributed by atoms with Gasteiger partial charge in [-0.05, 0) is 37.1 Å². The Morgan fingerprint density at radius 2 is 2.43 bits per heavy atom. The Bertz CT molecular complexity index is 336. The Labute approximate surface area is 93.0 Å². The van der Waals surface area contributed by atoms with Crippen LogP contribution in [-0.2, 0) is 0 Å². The molecular weight excluding hydrogens is 240 g/mol. The van der Waals surface area contributed by atoms with Crippen LogP contribution in [0.3, 0.4) is 0 Å². The number of fused-ring (bicyclic) bond motifs is 1. The van der Waals surface area contributed by atoms with E-state index in [0.717, 1.165) is 17.4 Å². The highest BCUT2D eigenvalue weighted by molar-refractivity contribution is 9.10. The van der Waals surface area contributed by atoms with E-state index in [1.165, 1.54) is 11.3 Å². The van der Waals surface area contributed by atoms with Crippen molar-refractivity contribution in [3.05, 3.63) is 28.2 Å². The van der Waals surface area contributed by atoms with Crippen molar-refractivity contribution in [3.63, 3.8) is 0 Å². The molecule has 14 heavy (non-hydrogen) atoms. The molecule has 0 aliphatic carbocycles. The van der Waals surface area contributed by atoms with E-state index in [2.05, 4.69) is 46.4 Å². The van der Waals surface area contributed by atoms with Crippen molar-refractivity contribution in [2.45, 2.75) is 25.3 Å². The molecule has 1 aliphatic rings. The summed E-state index contributed by atoms with van der Waals surface area (Å²) >= 11 is 3.50. The number of halogens is 1. The predicted molar refractivity (Wildman–Crippen MR) is 63.6 cm³/mol. The maximum absolute atomic E-state index is 5.83. The van der Waals surface area contributed by atoms with Gasteiger partial charge >= 0.3 is 0 Å². The Balaban J connectivity index is 2.24. The molecule has 0 bridgehead atoms. The van der Waals surface area contributed by atoms with Gasteiger partial charge in [0.25, 0.3) is 0 Å². The van der Waals surface area contributed by atoms with Crippen LogP contribution in [0.15, 0.2) is 22.7 Å². The van der Waals surface area contributed by atoms with Crippen molar-refractivity contribution in [2.24, 2.45) is 5.73 Å². The van der Waals surface area contributed by atoms with Crippen molar-refractivity contribution in [2.75, 3.05) is 11.9 Å². The van der Waals surface area contributed by atoms with Crippen molar-refractivity contribution in [3.8, 4) is 0 Å². The molecule has 3 heteroatoms. The largest absolute Gasteiger partial charge is 0.384 e. The average molecular weight is 255 g/mol. The minimum atomic E-state index is 0.270. The van der Waals surface area contributed by atoms with Gasteiger partial charge in [-0.2, -0.15) is 0 Å². The number of rotatable bonds is 2. The maximum atomic E-state index is 5.83. The van der Waals surface area contributed by atoms with E-state index in [1.807, 2.05) is 0 Å². The van der Waals surface area contributed by atoms with Crippen LogP contribution in [0, 0.1) is 0 Å². The molecule has 2 atom stereocenters. The third kappa shape index (κ3) is 1.93. The highest BCUT2D eigenvalue weighted by Gasteiger charge is 2.22. The van der Waals surface area contributed by atoms with Crippen LogP contribution in [0.25, 0.3) is 0 Å². The summed E-state index contributed by atoms with van der Waals surface area (Å²) in [5.74, 6) is 0.572. The number of benzene rings is 1. The Kier molecular flexibility index (Phi) is 2.79. The molecule has 1 aromatic rings. The smallest absolute Gasteiger partial charge is 0.0377 e. The summed E-state index contributed by atoms with van der Waals surface area (Å²) in [5, 5.41) is 3.41. The quantitative estimate of drug-likeness (QED) is 0.852. The molecule has 1 aliphatic heterocycles. The van der Waals surface area contributed by atoms with Crippen molar-refractivity contribution in [1.29, 1.82) is 0 Å². The number of nitrogens with one attached hydrogen (secondary N) is 1. The molecule has 1 aromatic carbocycles. The highest BCUT2D eigenvalue weighted by Crippen LogP contribution is 2.35. The first-order valence-electron chi connectivity index (χ1n) is 4.95. The van der Waals surface area contributed by atoms with Crippen LogP contribution in [-0.4, -0.2) is 12.6 Å². The standard InChI is InChI=1S/C11H15BrN2/c1-7(13)4-8-6-14-11-3-2-9(12)5-10(8)11/h2-3,5,7-8,14H,4,6,13H2,1H3. The summed E-state index contributed by atoms with van der Waals surface area (Å²) in [5.41, 5.74) is 8.49. The van der Waals surface area contributed by atoms with Gasteiger partial charge in [0.2, 0.25) is 0 Å². The monoisotopic (exact) mass is 254 g/mol. The van der Waals surface area contributed by atoms with Crippen molar-refractivity contribution in [1.82, 2.24) is 0 Å². The number of hydrogen-bond acceptors (Lipinski definition) is 2. The molecule has 0 radical (unpaired) electrons. The van der Waals surface area contributed by atoms with Crippen molar-refractivity contribution < 1.29 is 0 Å². The average Bonchev–Trinajstić information content (AvgIpc) is 2.47. The highest BCUT2D eigenvalue weighted by atomic mass is 79.9. The van der Waals surface area contributed by atoms with Crippen LogP contribution in [0.4, 0.5) is 5.69 Å². The third-order valence-electron chi connectivity index (χ3n) is 2.65. The molecule has 76 valence electrons. The molecule has 2 unspecified atom stereocenters. The minimum Gasteiger partial charge on any atom is -0.384 e. The van der Waals surface area contributed by atoms with Crippen LogP contribution >= 0.6 is 15.9 Å². The van der Waals surface area contributed by atoms with E-state index < -0.39 is 0 Å². The van der Waals surface area contributed by atoms with Gasteiger partial charge < -0.3 is 11.1 Å². The zero-order chi connectivity index (χ0) is 10.1. The first kappa shape index (κ1) is 9.99. The first-order valence-corrected chi connectivity index (χ1v) is 5.75. The molecule has 0 amide bonds. The van der Waals surface area contributed by atoms with Gasteiger partial charge in [-0.15, -0.1) is 0 Å². The summed E-state index contributed by atoms with van der Waals surface area (Å²) in [6, 6.07) is 6.66. The number of nitrogens with two attached hydrogens (primary N) is 1. The lowest BCUT2D eigenvalue weighted by Crippen LogP contribution is -2.19. The van der Waals surface area contributed by atoms with Gasteiger partial charge in [-0.3, -0.25) is 0 Å². The van der Waals surface area contributed by atoms with Gasteiger partial charge in [-0.25, -0.2) is 0 Å². The number of hydrogen-bond donors (Lipinski definition) is 2. The SMILES string of the molecule is CC(N)CC1CNc2ccc(Br)cc21. The summed E-state index contributed by atoms with van der Waals surface area (Å²) < 4.78 is 1.15. The van der Waals surface area contributed by atoms with E-state index in [0.29, 0.717) is 5.92 Å². The van der Waals surface area contributed by atoms with Gasteiger partial charge in [0.15, 0.2) is 0 Å². The summed E-state index contributed by atoms with van der Waals surface area (Å²) in [7, 11) is 0. The Morgan fingerprint density at radius 1 is 1.64 bits per heavy atom. The van der Waals surface area contributed by atoms with Crippen LogP contribution in [0.2, 0.25) is 0 Å². The van der Waals surface area contributed by atoms with Crippen LogP contribution in [0.1, 0.15) is 24.8 Å². The molecule has 3 N–H and O–H groups in total. The van der Waals surface area contributed by atoms with E-state index >= 15 is 0 Å². The predicted octanol–water partition coefficient (Wildman–Crippen LogP) is 2.70. The zero-order valence-corrected chi connectivity index (χ0v) is 9.84. The fraction of sp³-hybridized carbons (Fsp3) is 0.455. The summed E-state index contributed by atoms with van der Waals surface area (Å²) in [6.45, 7) is 3.09.